The predicted octanol–water partition coefficient (Wildman–Crippen LogP) is 2.37. The van der Waals surface area contributed by atoms with Crippen LogP contribution >= 0.6 is 11.3 Å². The van der Waals surface area contributed by atoms with Gasteiger partial charge in [0.2, 0.25) is 0 Å². The Kier molecular flexibility index (Phi) is 4.83. The number of hydrogen-bond acceptors (Lipinski definition) is 5. The highest BCUT2D eigenvalue weighted by Gasteiger charge is 2.40. The van der Waals surface area contributed by atoms with Crippen molar-refractivity contribution < 1.29 is 19.4 Å². The monoisotopic (exact) mass is 365 g/mol. The van der Waals surface area contributed by atoms with Crippen LogP contribution in [0, 0.1) is 5.41 Å². The summed E-state index contributed by atoms with van der Waals surface area (Å²) in [7, 11) is 1.87. The van der Waals surface area contributed by atoms with Gasteiger partial charge in [0.05, 0.1) is 16.0 Å². The van der Waals surface area contributed by atoms with Crippen LogP contribution in [-0.4, -0.2) is 46.5 Å². The van der Waals surface area contributed by atoms with Crippen molar-refractivity contribution in [1.29, 1.82) is 0 Å². The maximum absolute atomic E-state index is 12.6. The molecule has 1 saturated heterocycles. The van der Waals surface area contributed by atoms with E-state index in [2.05, 4.69) is 24.3 Å². The smallest absolute Gasteiger partial charge is 0.311 e. The van der Waals surface area contributed by atoms with Gasteiger partial charge in [0, 0.05) is 32.2 Å². The molecule has 25 heavy (non-hydrogen) atoms. The number of hydrogen-bond donors (Lipinski definition) is 2. The Bertz CT molecular complexity index is 802. The lowest BCUT2D eigenvalue weighted by molar-refractivity contribution is -0.154. The van der Waals surface area contributed by atoms with Gasteiger partial charge in [-0.1, -0.05) is 13.8 Å². The molecule has 3 rings (SSSR count). The number of amides is 1. The molecule has 1 amide bonds. The highest BCUT2D eigenvalue weighted by atomic mass is 32.1. The number of fused-ring (bicyclic) bond motifs is 1. The Labute approximate surface area is 150 Å². The maximum atomic E-state index is 12.6. The van der Waals surface area contributed by atoms with Gasteiger partial charge in [0.15, 0.2) is 0 Å². The van der Waals surface area contributed by atoms with Gasteiger partial charge in [0.1, 0.15) is 4.83 Å². The number of ether oxygens (including phenoxy) is 1. The van der Waals surface area contributed by atoms with E-state index in [1.54, 1.807) is 4.68 Å². The third-order valence-corrected chi connectivity index (χ3v) is 6.00. The summed E-state index contributed by atoms with van der Waals surface area (Å²) < 4.78 is 7.06. The maximum Gasteiger partial charge on any atom is 0.311 e. The second-order valence-electron chi connectivity index (χ2n) is 6.87. The van der Waals surface area contributed by atoms with Crippen LogP contribution in [0.1, 0.15) is 48.0 Å². The van der Waals surface area contributed by atoms with Crippen molar-refractivity contribution >= 4 is 33.4 Å². The minimum atomic E-state index is -0.935. The summed E-state index contributed by atoms with van der Waals surface area (Å²) in [6, 6.07) is 1.86. The number of nitrogens with zero attached hydrogens (tertiary/aromatic N) is 2. The SMILES string of the molecule is CC(C)c1nn(C)c2sc(C(=O)NCC3(C(=O)O)CCOCC3)cc12. The van der Waals surface area contributed by atoms with E-state index in [0.717, 1.165) is 15.9 Å². The van der Waals surface area contributed by atoms with E-state index < -0.39 is 11.4 Å². The molecule has 2 N–H and O–H groups in total. The van der Waals surface area contributed by atoms with Crippen LogP contribution in [0.4, 0.5) is 0 Å². The Morgan fingerprint density at radius 2 is 2.12 bits per heavy atom. The number of carboxylic acid groups (broad SMARTS) is 1. The summed E-state index contributed by atoms with van der Waals surface area (Å²) in [6.45, 7) is 5.08. The Balaban J connectivity index is 1.78. The van der Waals surface area contributed by atoms with Crippen molar-refractivity contribution in [1.82, 2.24) is 15.1 Å². The zero-order valence-electron chi connectivity index (χ0n) is 14.7. The molecule has 1 fully saturated rings. The topological polar surface area (TPSA) is 93.5 Å². The van der Waals surface area contributed by atoms with Gasteiger partial charge in [-0.25, -0.2) is 0 Å². The molecule has 0 unspecified atom stereocenters. The average molecular weight is 365 g/mol. The lowest BCUT2D eigenvalue weighted by atomic mass is 9.80. The van der Waals surface area contributed by atoms with Crippen LogP contribution in [-0.2, 0) is 16.6 Å². The summed E-state index contributed by atoms with van der Waals surface area (Å²) in [4.78, 5) is 25.8. The summed E-state index contributed by atoms with van der Waals surface area (Å²) in [6.07, 6.45) is 0.826. The summed E-state index contributed by atoms with van der Waals surface area (Å²) in [5, 5.41) is 17.9. The molecule has 136 valence electrons. The van der Waals surface area contributed by atoms with Crippen LogP contribution in [0.3, 0.4) is 0 Å². The van der Waals surface area contributed by atoms with Crippen molar-refractivity contribution in [3.63, 3.8) is 0 Å². The fourth-order valence-electron chi connectivity index (χ4n) is 3.17. The first-order valence-corrected chi connectivity index (χ1v) is 9.21. The molecule has 7 nitrogen and oxygen atoms in total. The number of thiophene rings is 1. The van der Waals surface area contributed by atoms with Crippen LogP contribution in [0.2, 0.25) is 0 Å². The number of carboxylic acids is 1. The zero-order chi connectivity index (χ0) is 18.2. The van der Waals surface area contributed by atoms with Gasteiger partial charge >= 0.3 is 5.97 Å². The lowest BCUT2D eigenvalue weighted by Gasteiger charge is -2.33. The largest absolute Gasteiger partial charge is 0.481 e. The third-order valence-electron chi connectivity index (χ3n) is 4.80. The van der Waals surface area contributed by atoms with E-state index in [4.69, 9.17) is 4.74 Å². The van der Waals surface area contributed by atoms with Gasteiger partial charge in [0.25, 0.3) is 5.91 Å². The van der Waals surface area contributed by atoms with E-state index in [9.17, 15) is 14.7 Å². The molecule has 3 heterocycles. The number of aromatic nitrogens is 2. The second kappa shape index (κ2) is 6.76. The standard InChI is InChI=1S/C17H23N3O4S/c1-10(2)13-11-8-12(25-15(11)20(3)19-13)14(21)18-9-17(16(22)23)4-6-24-7-5-17/h8,10H,4-7,9H2,1-3H3,(H,18,21)(H,22,23). The molecule has 0 bridgehead atoms. The van der Waals surface area contributed by atoms with Crippen molar-refractivity contribution in [2.75, 3.05) is 19.8 Å². The van der Waals surface area contributed by atoms with Crippen molar-refractivity contribution in [2.45, 2.75) is 32.6 Å². The Hall–Kier alpha value is -1.93. The van der Waals surface area contributed by atoms with E-state index in [0.29, 0.717) is 30.9 Å². The molecule has 0 atom stereocenters. The minimum absolute atomic E-state index is 0.119. The van der Waals surface area contributed by atoms with Gasteiger partial charge in [-0.05, 0) is 24.8 Å². The van der Waals surface area contributed by atoms with E-state index in [1.165, 1.54) is 11.3 Å². The van der Waals surface area contributed by atoms with E-state index in [-0.39, 0.29) is 18.4 Å². The molecule has 2 aromatic heterocycles. The fraction of sp³-hybridized carbons (Fsp3) is 0.588. The van der Waals surface area contributed by atoms with Gasteiger partial charge in [-0.15, -0.1) is 11.3 Å². The number of aliphatic carboxylic acids is 1. The number of carbonyl (C=O) groups excluding carboxylic acids is 1. The minimum Gasteiger partial charge on any atom is -0.481 e. The van der Waals surface area contributed by atoms with Crippen LogP contribution in [0.5, 0.6) is 0 Å². The van der Waals surface area contributed by atoms with Crippen molar-refractivity contribution in [3.8, 4) is 0 Å². The molecule has 1 aliphatic heterocycles. The van der Waals surface area contributed by atoms with Gasteiger partial charge < -0.3 is 15.2 Å². The molecule has 2 aromatic rings. The Morgan fingerprint density at radius 3 is 2.72 bits per heavy atom. The second-order valence-corrected chi connectivity index (χ2v) is 7.90. The van der Waals surface area contributed by atoms with Gasteiger partial charge in [-0.2, -0.15) is 5.10 Å². The lowest BCUT2D eigenvalue weighted by Crippen LogP contribution is -2.46. The van der Waals surface area contributed by atoms with Crippen LogP contribution in [0.25, 0.3) is 10.2 Å². The molecule has 8 heteroatoms. The molecule has 0 aromatic carbocycles. The summed E-state index contributed by atoms with van der Waals surface area (Å²) >= 11 is 1.38. The fourth-order valence-corrected chi connectivity index (χ4v) is 4.17. The van der Waals surface area contributed by atoms with Crippen molar-refractivity contribution in [2.24, 2.45) is 12.5 Å². The summed E-state index contributed by atoms with van der Waals surface area (Å²) in [5.41, 5.74) is 0.0362. The van der Waals surface area contributed by atoms with Crippen LogP contribution < -0.4 is 5.32 Å². The molecule has 0 saturated carbocycles. The van der Waals surface area contributed by atoms with Gasteiger partial charge in [-0.3, -0.25) is 14.3 Å². The highest BCUT2D eigenvalue weighted by Crippen LogP contribution is 2.33. The summed E-state index contributed by atoms with van der Waals surface area (Å²) in [5.74, 6) is -0.839. The highest BCUT2D eigenvalue weighted by molar-refractivity contribution is 7.20. The zero-order valence-corrected chi connectivity index (χ0v) is 15.5. The number of aryl methyl sites for hydroxylation is 1. The average Bonchev–Trinajstić information content (AvgIpc) is 3.14. The normalized spacial score (nSPS) is 17.1. The molecular formula is C17H23N3O4S. The number of nitrogens with one attached hydrogen (secondary N) is 1. The molecule has 0 radical (unpaired) electrons. The predicted molar refractivity (Wildman–Crippen MR) is 95.1 cm³/mol. The quantitative estimate of drug-likeness (QED) is 0.848. The Morgan fingerprint density at radius 1 is 1.44 bits per heavy atom. The number of rotatable bonds is 5. The molecule has 0 spiro atoms. The molecular weight excluding hydrogens is 342 g/mol. The first-order valence-electron chi connectivity index (χ1n) is 8.40. The molecule has 1 aliphatic rings. The number of carbonyl (C=O) groups is 2. The van der Waals surface area contributed by atoms with E-state index >= 15 is 0 Å². The van der Waals surface area contributed by atoms with Crippen molar-refractivity contribution in [3.05, 3.63) is 16.6 Å². The molecule has 0 aliphatic carbocycles. The van der Waals surface area contributed by atoms with Crippen LogP contribution in [0.15, 0.2) is 6.07 Å². The first kappa shape index (κ1) is 17.9. The third kappa shape index (κ3) is 3.28. The first-order chi connectivity index (χ1) is 11.8. The van der Waals surface area contributed by atoms with E-state index in [1.807, 2.05) is 13.1 Å².